The first-order chi connectivity index (χ1) is 34.0. The normalized spacial score (nSPS) is 12.6. The summed E-state index contributed by atoms with van der Waals surface area (Å²) in [5.74, 6) is -0.0235. The summed E-state index contributed by atoms with van der Waals surface area (Å²) in [6.45, 7) is 4.97. The number of amides is 1. The van der Waals surface area contributed by atoms with Crippen molar-refractivity contribution in [3.63, 3.8) is 0 Å². The molecular weight excluding hydrogens is 851 g/mol. The van der Waals surface area contributed by atoms with Gasteiger partial charge < -0.3 is 20.3 Å². The van der Waals surface area contributed by atoms with Crippen LogP contribution in [-0.4, -0.2) is 47.4 Å². The van der Waals surface area contributed by atoms with Crippen molar-refractivity contribution in [3.8, 4) is 0 Å². The molecule has 0 rings (SSSR count). The number of unbranched alkanes of at least 4 members (excludes halogenated alkanes) is 46. The Bertz CT molecular complexity index is 1030. The lowest BCUT2D eigenvalue weighted by atomic mass is 10.0. The predicted octanol–water partition coefficient (Wildman–Crippen LogP) is 19.6. The minimum atomic E-state index is -0.666. The zero-order valence-electron chi connectivity index (χ0n) is 46.8. The average Bonchev–Trinajstić information content (AvgIpc) is 3.35. The lowest BCUT2D eigenvalue weighted by Gasteiger charge is -2.22. The molecule has 0 saturated carbocycles. The largest absolute Gasteiger partial charge is 0.466 e. The van der Waals surface area contributed by atoms with Gasteiger partial charge >= 0.3 is 5.97 Å². The summed E-state index contributed by atoms with van der Waals surface area (Å²) in [6.07, 6.45) is 70.8. The number of rotatable bonds is 59. The van der Waals surface area contributed by atoms with Crippen molar-refractivity contribution in [1.29, 1.82) is 0 Å². The SMILES string of the molecule is CCCCCCCCCCCCCCCCCCCC(O)C(CO)NC(=O)CCCCCCCCCC/C=C\CCCCCCCCCCCCCCOC(=O)CCCCCCCCCCCCC. The molecule has 0 aromatic carbocycles. The van der Waals surface area contributed by atoms with Crippen LogP contribution in [0.4, 0.5) is 0 Å². The quantitative estimate of drug-likeness (QED) is 0.0321. The fourth-order valence-electron chi connectivity index (χ4n) is 9.99. The first-order valence-corrected chi connectivity index (χ1v) is 31.4. The number of ether oxygens (including phenoxy) is 1. The maximum absolute atomic E-state index is 12.5. The molecule has 0 radical (unpaired) electrons. The van der Waals surface area contributed by atoms with Crippen LogP contribution in [0.2, 0.25) is 0 Å². The monoisotopic (exact) mass is 974 g/mol. The zero-order chi connectivity index (χ0) is 50.0. The van der Waals surface area contributed by atoms with Gasteiger partial charge in [0.05, 0.1) is 25.4 Å². The van der Waals surface area contributed by atoms with Crippen molar-refractivity contribution in [2.75, 3.05) is 13.2 Å². The minimum absolute atomic E-state index is 0.0129. The average molecular weight is 975 g/mol. The summed E-state index contributed by atoms with van der Waals surface area (Å²) < 4.78 is 5.47. The Morgan fingerprint density at radius 3 is 1.03 bits per heavy atom. The standard InChI is InChI=1S/C63H123NO5/c1-3-5-7-9-11-13-15-16-17-26-29-32-36-39-43-47-51-55-61(66)60(59-65)64-62(67)56-52-48-44-40-37-33-30-27-24-22-20-18-19-21-23-25-28-31-34-38-42-46-50-54-58-69-63(68)57-53-49-45-41-35-14-12-10-8-6-4-2/h20,22,60-61,65-66H,3-19,21,23-59H2,1-2H3,(H,64,67)/b22-20-. The molecule has 2 atom stereocenters. The molecule has 6 nitrogen and oxygen atoms in total. The molecule has 6 heteroatoms. The van der Waals surface area contributed by atoms with Crippen LogP contribution in [0.25, 0.3) is 0 Å². The van der Waals surface area contributed by atoms with Crippen LogP contribution in [0.1, 0.15) is 354 Å². The van der Waals surface area contributed by atoms with Crippen LogP contribution in [0.5, 0.6) is 0 Å². The van der Waals surface area contributed by atoms with Crippen molar-refractivity contribution in [2.45, 2.75) is 366 Å². The summed E-state index contributed by atoms with van der Waals surface area (Å²) >= 11 is 0. The lowest BCUT2D eigenvalue weighted by Crippen LogP contribution is -2.45. The van der Waals surface area contributed by atoms with Crippen molar-refractivity contribution in [2.24, 2.45) is 0 Å². The Morgan fingerprint density at radius 2 is 0.681 bits per heavy atom. The first kappa shape index (κ1) is 67.6. The maximum Gasteiger partial charge on any atom is 0.305 e. The van der Waals surface area contributed by atoms with E-state index in [-0.39, 0.29) is 18.5 Å². The van der Waals surface area contributed by atoms with E-state index in [9.17, 15) is 19.8 Å². The molecule has 2 unspecified atom stereocenters. The van der Waals surface area contributed by atoms with E-state index < -0.39 is 12.1 Å². The summed E-state index contributed by atoms with van der Waals surface area (Å²) in [4.78, 5) is 24.5. The highest BCUT2D eigenvalue weighted by molar-refractivity contribution is 5.76. The second-order valence-electron chi connectivity index (χ2n) is 21.7. The third-order valence-electron chi connectivity index (χ3n) is 14.8. The van der Waals surface area contributed by atoms with Gasteiger partial charge in [0.2, 0.25) is 5.91 Å². The van der Waals surface area contributed by atoms with E-state index >= 15 is 0 Å². The fourth-order valence-corrected chi connectivity index (χ4v) is 9.99. The first-order valence-electron chi connectivity index (χ1n) is 31.4. The molecule has 0 heterocycles. The molecule has 0 aliphatic carbocycles. The van der Waals surface area contributed by atoms with Crippen molar-refractivity contribution in [3.05, 3.63) is 12.2 Å². The smallest absolute Gasteiger partial charge is 0.305 e. The van der Waals surface area contributed by atoms with E-state index in [0.717, 1.165) is 38.5 Å². The summed E-state index contributed by atoms with van der Waals surface area (Å²) in [5.41, 5.74) is 0. The summed E-state index contributed by atoms with van der Waals surface area (Å²) in [5, 5.41) is 23.3. The summed E-state index contributed by atoms with van der Waals surface area (Å²) in [7, 11) is 0. The Hall–Kier alpha value is -1.40. The topological polar surface area (TPSA) is 95.9 Å². The molecule has 0 bridgehead atoms. The number of carbonyl (C=O) groups is 2. The van der Waals surface area contributed by atoms with Crippen LogP contribution in [0.3, 0.4) is 0 Å². The number of hydrogen-bond donors (Lipinski definition) is 3. The van der Waals surface area contributed by atoms with Crippen molar-refractivity contribution < 1.29 is 24.5 Å². The molecule has 0 aromatic heterocycles. The highest BCUT2D eigenvalue weighted by atomic mass is 16.5. The molecule has 69 heavy (non-hydrogen) atoms. The van der Waals surface area contributed by atoms with Gasteiger partial charge in [-0.3, -0.25) is 9.59 Å². The Labute approximate surface area is 431 Å². The molecule has 0 aliphatic heterocycles. The van der Waals surface area contributed by atoms with E-state index in [1.807, 2.05) is 0 Å². The highest BCUT2D eigenvalue weighted by Gasteiger charge is 2.20. The predicted molar refractivity (Wildman–Crippen MR) is 301 cm³/mol. The zero-order valence-corrected chi connectivity index (χ0v) is 46.8. The van der Waals surface area contributed by atoms with Gasteiger partial charge in [0.15, 0.2) is 0 Å². The lowest BCUT2D eigenvalue weighted by molar-refractivity contribution is -0.143. The van der Waals surface area contributed by atoms with Crippen molar-refractivity contribution >= 4 is 11.9 Å². The highest BCUT2D eigenvalue weighted by Crippen LogP contribution is 2.18. The minimum Gasteiger partial charge on any atom is -0.466 e. The molecule has 3 N–H and O–H groups in total. The molecule has 410 valence electrons. The number of nitrogens with one attached hydrogen (secondary N) is 1. The number of aliphatic hydroxyl groups excluding tert-OH is 2. The number of esters is 1. The molecule has 0 aliphatic rings. The van der Waals surface area contributed by atoms with E-state index in [2.05, 4.69) is 31.3 Å². The van der Waals surface area contributed by atoms with Gasteiger partial charge in [0, 0.05) is 12.8 Å². The molecule has 0 aromatic rings. The molecular formula is C63H123NO5. The van der Waals surface area contributed by atoms with Crippen LogP contribution in [0.15, 0.2) is 12.2 Å². The van der Waals surface area contributed by atoms with Crippen LogP contribution in [-0.2, 0) is 14.3 Å². The van der Waals surface area contributed by atoms with Gasteiger partial charge in [0.1, 0.15) is 0 Å². The summed E-state index contributed by atoms with van der Waals surface area (Å²) in [6, 6.07) is -0.544. The number of carbonyl (C=O) groups excluding carboxylic acids is 2. The van der Waals surface area contributed by atoms with Crippen LogP contribution >= 0.6 is 0 Å². The van der Waals surface area contributed by atoms with Gasteiger partial charge in [-0.05, 0) is 51.4 Å². The Balaban J connectivity index is 3.40. The number of aliphatic hydroxyl groups is 2. The second kappa shape index (κ2) is 59.2. The second-order valence-corrected chi connectivity index (χ2v) is 21.7. The van der Waals surface area contributed by atoms with E-state index in [1.54, 1.807) is 0 Å². The molecule has 0 fully saturated rings. The third-order valence-corrected chi connectivity index (χ3v) is 14.8. The van der Waals surface area contributed by atoms with Gasteiger partial charge in [-0.15, -0.1) is 0 Å². The molecule has 0 spiro atoms. The molecule has 1 amide bonds. The van der Waals surface area contributed by atoms with Gasteiger partial charge in [0.25, 0.3) is 0 Å². The van der Waals surface area contributed by atoms with Gasteiger partial charge in [-0.25, -0.2) is 0 Å². The fraction of sp³-hybridized carbons (Fsp3) is 0.937. The number of hydrogen-bond acceptors (Lipinski definition) is 5. The maximum atomic E-state index is 12.5. The third kappa shape index (κ3) is 55.8. The number of allylic oxidation sites excluding steroid dienone is 2. The van der Waals surface area contributed by atoms with Crippen LogP contribution < -0.4 is 5.32 Å². The van der Waals surface area contributed by atoms with E-state index in [1.165, 1.54) is 283 Å². The van der Waals surface area contributed by atoms with Gasteiger partial charge in [-0.1, -0.05) is 302 Å². The Morgan fingerprint density at radius 1 is 0.391 bits per heavy atom. The van der Waals surface area contributed by atoms with E-state index in [4.69, 9.17) is 4.74 Å². The van der Waals surface area contributed by atoms with E-state index in [0.29, 0.717) is 25.9 Å². The van der Waals surface area contributed by atoms with Crippen LogP contribution in [0, 0.1) is 0 Å². The Kier molecular flexibility index (Phi) is 58.0. The van der Waals surface area contributed by atoms with Gasteiger partial charge in [-0.2, -0.15) is 0 Å². The molecule has 0 saturated heterocycles. The van der Waals surface area contributed by atoms with Crippen molar-refractivity contribution in [1.82, 2.24) is 5.32 Å².